The number of esters is 3. The zero-order valence-corrected chi connectivity index (χ0v) is 41.9. The molecule has 3 aliphatic rings. The van der Waals surface area contributed by atoms with Crippen LogP contribution in [0.4, 0.5) is 0 Å². The van der Waals surface area contributed by atoms with Crippen LogP contribution in [-0.4, -0.2) is 133 Å². The van der Waals surface area contributed by atoms with E-state index in [0.29, 0.717) is 18.6 Å². The third kappa shape index (κ3) is 18.7. The number of aromatic nitrogens is 1. The van der Waals surface area contributed by atoms with Gasteiger partial charge in [0.2, 0.25) is 17.7 Å². The first-order valence-corrected chi connectivity index (χ1v) is 17.8. The second-order valence-corrected chi connectivity index (χ2v) is 13.4. The van der Waals surface area contributed by atoms with E-state index in [-0.39, 0.29) is 93.7 Å². The van der Waals surface area contributed by atoms with Gasteiger partial charge in [-0.05, 0) is 73.1 Å². The summed E-state index contributed by atoms with van der Waals surface area (Å²) in [4.78, 5) is 74.4. The van der Waals surface area contributed by atoms with Crippen LogP contribution in [-0.2, 0) is 48.4 Å². The van der Waals surface area contributed by atoms with E-state index >= 15 is 0 Å². The first-order valence-electron chi connectivity index (χ1n) is 17.5. The number of ether oxygens (including phenoxy) is 3. The average molecular weight is 876 g/mol. The Morgan fingerprint density at radius 2 is 1.19 bits per heavy atom. The Labute approximate surface area is 397 Å². The number of aryl methyl sites for hydroxylation is 1. The minimum Gasteiger partial charge on any atom is -0.870 e. The van der Waals surface area contributed by atoms with E-state index in [1.165, 1.54) is 42.2 Å². The van der Waals surface area contributed by atoms with Gasteiger partial charge in [-0.2, -0.15) is 0 Å². The van der Waals surface area contributed by atoms with Crippen molar-refractivity contribution in [3.8, 4) is 12.3 Å². The Morgan fingerprint density at radius 3 is 1.42 bits per heavy atom. The molecule has 1 aromatic heterocycles. The van der Waals surface area contributed by atoms with Crippen LogP contribution < -0.4 is 63.8 Å². The number of halogens is 1. The third-order valence-corrected chi connectivity index (χ3v) is 9.66. The number of carbonyl (C=O) groups is 6. The maximum Gasteiger partial charge on any atom is 1.00 e. The molecular weight excluding hydrogens is 816 g/mol. The molecule has 3 amide bonds. The average Bonchev–Trinajstić information content (AvgIpc) is 4.18. The number of oxime groups is 1. The van der Waals surface area contributed by atoms with Crippen LogP contribution in [0.15, 0.2) is 28.9 Å². The number of carbonyl (C=O) groups excluding carboxylic acids is 6. The molecule has 18 nitrogen and oxygen atoms in total. The second-order valence-electron chi connectivity index (χ2n) is 13.4. The molecule has 0 unspecified atom stereocenters. The number of terminal acetylenes is 1. The topological polar surface area (TPSA) is 252 Å². The van der Waals surface area contributed by atoms with Gasteiger partial charge in [-0.1, -0.05) is 18.0 Å². The molecule has 1 aromatic rings. The van der Waals surface area contributed by atoms with Gasteiger partial charge in [0.1, 0.15) is 29.0 Å². The van der Waals surface area contributed by atoms with Gasteiger partial charge in [-0.15, -0.1) is 24.7 Å². The van der Waals surface area contributed by atoms with Gasteiger partial charge < -0.3 is 48.8 Å². The molecule has 3 fully saturated rings. The molecule has 0 bridgehead atoms. The van der Waals surface area contributed by atoms with E-state index in [1.54, 1.807) is 54.9 Å². The van der Waals surface area contributed by atoms with Crippen LogP contribution in [0.1, 0.15) is 84.6 Å². The first-order chi connectivity index (χ1) is 26.2. The van der Waals surface area contributed by atoms with Crippen LogP contribution in [0.2, 0.25) is 0 Å². The van der Waals surface area contributed by atoms with Crippen molar-refractivity contribution >= 4 is 53.7 Å². The molecule has 59 heavy (non-hydrogen) atoms. The standard InChI is InChI=1S/C13H18N2O4.C11H15NO3.C10H17NO3.C2H5NO.C2H4.ClO.2Na.H2O/c1-8-7-10(19-14-8)13(5-6-13)12(17)15(3)9(2)11(16)18-4;1-5-11(6-7-11)10(14)12(3)8(2)9(13)15-4;1-7(8(12)14-4)11(3)9(13)10(2)5-6-10;1-2-3-4;2*1-2;;;/h7,9H,5-6H2,1-4H3;1,8H,6-7H2,2-4H3;7H,5-6H2,1-4H3;2,4H,1H3;1-2H2;;;;1H2/q;;;;;-1;2*+1;/p-1/b;;;3-2+;;;;;/t9-;8-;7-;;;;;;/m111....../s1. The Kier molecular flexibility index (Phi) is 34.2. The summed E-state index contributed by atoms with van der Waals surface area (Å²) in [6, 6.07) is 0.0823. The molecule has 3 saturated carbocycles. The SMILES string of the molecule is C#CC1(C(=O)N(C)[C@H](C)C(=O)OC)CC1.C/C=N/O.C=C.COC(=O)[C@@H](C)N(C)C(=O)C1(C)CC1.COC(=O)[C@@H](C)N(C)C(=O)C1(c2cc(C)no2)CC1.[Na+].[Na+].[O-]Cl.[OH-]. The monoisotopic (exact) mass is 875 g/mol. The maximum atomic E-state index is 12.5. The number of amides is 3. The smallest absolute Gasteiger partial charge is 0.870 e. The Hall–Kier alpha value is -2.99. The normalized spacial score (nSPS) is 15.9. The van der Waals surface area contributed by atoms with Gasteiger partial charge in [0.25, 0.3) is 0 Å². The number of hydrogen-bond donors (Lipinski definition) is 1. The van der Waals surface area contributed by atoms with Crippen LogP contribution in [0, 0.1) is 30.1 Å². The molecular formula is C38H60ClN5Na2O13. The first kappa shape index (κ1) is 65.1. The van der Waals surface area contributed by atoms with Gasteiger partial charge >= 0.3 is 77.0 Å². The number of hydrogen-bond acceptors (Lipinski definition) is 15. The van der Waals surface area contributed by atoms with Crippen LogP contribution in [0.5, 0.6) is 0 Å². The molecule has 3 aliphatic carbocycles. The van der Waals surface area contributed by atoms with Gasteiger partial charge in [0.15, 0.2) is 5.76 Å². The van der Waals surface area contributed by atoms with Crippen molar-refractivity contribution in [2.24, 2.45) is 16.0 Å². The fourth-order valence-corrected chi connectivity index (χ4v) is 4.84. The van der Waals surface area contributed by atoms with Crippen LogP contribution in [0.3, 0.4) is 0 Å². The van der Waals surface area contributed by atoms with Crippen molar-refractivity contribution in [1.82, 2.24) is 19.9 Å². The zero-order chi connectivity index (χ0) is 44.2. The summed E-state index contributed by atoms with van der Waals surface area (Å²) >= 11 is 3.39. The summed E-state index contributed by atoms with van der Waals surface area (Å²) < 4.78 is 26.7. The predicted octanol–water partition coefficient (Wildman–Crippen LogP) is -3.14. The summed E-state index contributed by atoms with van der Waals surface area (Å²) in [6.07, 6.45) is 11.3. The quantitative estimate of drug-likeness (QED) is 0.0357. The van der Waals surface area contributed by atoms with Crippen molar-refractivity contribution < 1.29 is 122 Å². The van der Waals surface area contributed by atoms with E-state index in [4.69, 9.17) is 20.8 Å². The molecule has 0 aromatic carbocycles. The summed E-state index contributed by atoms with van der Waals surface area (Å²) in [7, 11) is 8.76. The predicted molar refractivity (Wildman–Crippen MR) is 208 cm³/mol. The van der Waals surface area contributed by atoms with Gasteiger partial charge in [0, 0.05) is 38.8 Å². The molecule has 0 spiro atoms. The molecule has 0 aliphatic heterocycles. The molecule has 324 valence electrons. The number of methoxy groups -OCH3 is 3. The van der Waals surface area contributed by atoms with E-state index in [9.17, 15) is 28.8 Å². The molecule has 1 heterocycles. The van der Waals surface area contributed by atoms with Crippen LogP contribution >= 0.6 is 11.9 Å². The van der Waals surface area contributed by atoms with Crippen molar-refractivity contribution in [3.63, 3.8) is 0 Å². The summed E-state index contributed by atoms with van der Waals surface area (Å²) in [6.45, 7) is 16.3. The Balaban J connectivity index is -0.000000223. The Bertz CT molecular complexity index is 1540. The van der Waals surface area contributed by atoms with Gasteiger partial charge in [-0.3, -0.25) is 14.4 Å². The van der Waals surface area contributed by atoms with Crippen LogP contribution in [0.25, 0.3) is 0 Å². The summed E-state index contributed by atoms with van der Waals surface area (Å²) in [5.41, 5.74) is -0.774. The fraction of sp³-hybridized carbons (Fsp3) is 0.632. The van der Waals surface area contributed by atoms with Gasteiger partial charge in [-0.25, -0.2) is 26.2 Å². The summed E-state index contributed by atoms with van der Waals surface area (Å²) in [5.74, 6) is 1.60. The summed E-state index contributed by atoms with van der Waals surface area (Å²) in [5, 5.41) is 13.9. The molecule has 21 heteroatoms. The van der Waals surface area contributed by atoms with Crippen molar-refractivity contribution in [3.05, 3.63) is 30.7 Å². The third-order valence-electron chi connectivity index (χ3n) is 9.66. The number of likely N-dealkylation sites (N-methyl/N-ethyl adjacent to an activating group) is 3. The fourth-order valence-electron chi connectivity index (χ4n) is 4.84. The number of rotatable bonds is 10. The Morgan fingerprint density at radius 1 is 0.847 bits per heavy atom. The van der Waals surface area contributed by atoms with E-state index in [2.05, 4.69) is 55.5 Å². The molecule has 0 radical (unpaired) electrons. The molecule has 3 atom stereocenters. The van der Waals surface area contributed by atoms with Gasteiger partial charge in [0.05, 0.1) is 27.0 Å². The van der Waals surface area contributed by atoms with E-state index in [0.717, 1.165) is 31.4 Å². The molecule has 2 N–H and O–H groups in total. The largest absolute Gasteiger partial charge is 1.00 e. The zero-order valence-electron chi connectivity index (χ0n) is 37.1. The minimum absolute atomic E-state index is 0. The van der Waals surface area contributed by atoms with Crippen molar-refractivity contribution in [2.75, 3.05) is 42.5 Å². The minimum atomic E-state index is -0.656. The second kappa shape index (κ2) is 30.9. The van der Waals surface area contributed by atoms with E-state index in [1.807, 2.05) is 13.8 Å². The van der Waals surface area contributed by atoms with Crippen molar-refractivity contribution in [2.45, 2.75) is 104 Å². The molecule has 0 saturated heterocycles. The number of nitrogens with zero attached hydrogens (tertiary/aromatic N) is 5. The van der Waals surface area contributed by atoms with Crippen molar-refractivity contribution in [1.29, 1.82) is 0 Å². The van der Waals surface area contributed by atoms with E-state index < -0.39 is 40.9 Å². The maximum absolute atomic E-state index is 12.5. The molecule has 4 rings (SSSR count).